The first-order chi connectivity index (χ1) is 13.4. The molecule has 9 heteroatoms. The summed E-state index contributed by atoms with van der Waals surface area (Å²) in [4.78, 5) is 53.9. The number of hydrogen-bond acceptors (Lipinski definition) is 6. The Morgan fingerprint density at radius 1 is 1.18 bits per heavy atom. The van der Waals surface area contributed by atoms with Gasteiger partial charge in [-0.1, -0.05) is 18.2 Å². The Balaban J connectivity index is 1.93. The number of nitrogens with zero attached hydrogens (tertiary/aromatic N) is 3. The van der Waals surface area contributed by atoms with Crippen molar-refractivity contribution in [2.45, 2.75) is 32.7 Å². The minimum atomic E-state index is -1.02. The molecule has 1 saturated heterocycles. The molecule has 1 aromatic heterocycles. The summed E-state index contributed by atoms with van der Waals surface area (Å²) < 4.78 is 6.54. The molecule has 2 heterocycles. The molecule has 28 heavy (non-hydrogen) atoms. The summed E-state index contributed by atoms with van der Waals surface area (Å²) in [6.07, 6.45) is 1.58. The van der Waals surface area contributed by atoms with Crippen LogP contribution in [0.5, 0.6) is 0 Å². The van der Waals surface area contributed by atoms with E-state index in [2.05, 4.69) is 10.3 Å². The molecule has 1 aromatic carbocycles. The van der Waals surface area contributed by atoms with Gasteiger partial charge in [-0.2, -0.15) is 0 Å². The third kappa shape index (κ3) is 3.64. The van der Waals surface area contributed by atoms with E-state index in [1.807, 2.05) is 6.07 Å². The largest absolute Gasteiger partial charge is 0.461 e. The van der Waals surface area contributed by atoms with E-state index in [-0.39, 0.29) is 31.0 Å². The highest BCUT2D eigenvalue weighted by atomic mass is 16.5. The lowest BCUT2D eigenvalue weighted by Gasteiger charge is -2.22. The summed E-state index contributed by atoms with van der Waals surface area (Å²) in [5.74, 6) is -1.97. The van der Waals surface area contributed by atoms with Crippen LogP contribution in [0, 0.1) is 0 Å². The van der Waals surface area contributed by atoms with Gasteiger partial charge in [0.2, 0.25) is 17.7 Å². The number of imidazole rings is 1. The maximum absolute atomic E-state index is 12.8. The maximum Gasteiger partial charge on any atom is 0.360 e. The summed E-state index contributed by atoms with van der Waals surface area (Å²) in [6, 6.07) is 7.98. The van der Waals surface area contributed by atoms with Crippen molar-refractivity contribution in [3.05, 3.63) is 42.4 Å². The number of para-hydroxylation sites is 1. The van der Waals surface area contributed by atoms with E-state index in [4.69, 9.17) is 4.74 Å². The van der Waals surface area contributed by atoms with Gasteiger partial charge in [-0.05, 0) is 26.0 Å². The van der Waals surface area contributed by atoms with Crippen LogP contribution in [0.3, 0.4) is 0 Å². The normalized spacial score (nSPS) is 14.9. The molecule has 1 N–H and O–H groups in total. The van der Waals surface area contributed by atoms with Crippen molar-refractivity contribution >= 4 is 29.5 Å². The van der Waals surface area contributed by atoms with Crippen LogP contribution in [-0.2, 0) is 19.1 Å². The zero-order valence-electron chi connectivity index (χ0n) is 15.5. The van der Waals surface area contributed by atoms with Gasteiger partial charge in [0.1, 0.15) is 12.4 Å². The zero-order valence-corrected chi connectivity index (χ0v) is 15.5. The molecule has 0 spiro atoms. The molecule has 0 bridgehead atoms. The molecular formula is C19H20N4O5. The monoisotopic (exact) mass is 384 g/mol. The number of benzene rings is 1. The standard InChI is InChI=1S/C19H20N4O5/c1-3-28-19(27)16-17(22(11-20-16)13-7-5-4-6-8-13)21-18(26)12(2)23-14(24)9-10-15(23)25/h4-8,11-12H,3,9-10H2,1-2H3,(H,21,26). The second-order valence-electron chi connectivity index (χ2n) is 6.19. The number of esters is 1. The van der Waals surface area contributed by atoms with E-state index in [0.717, 1.165) is 4.90 Å². The third-order valence-electron chi connectivity index (χ3n) is 4.37. The number of ether oxygens (including phenoxy) is 1. The van der Waals surface area contributed by atoms with Crippen molar-refractivity contribution in [2.75, 3.05) is 11.9 Å². The minimum absolute atomic E-state index is 0.0645. The minimum Gasteiger partial charge on any atom is -0.461 e. The number of rotatable bonds is 6. The third-order valence-corrected chi connectivity index (χ3v) is 4.37. The fourth-order valence-corrected chi connectivity index (χ4v) is 2.97. The molecule has 1 aliphatic rings. The lowest BCUT2D eigenvalue weighted by molar-refractivity contribution is -0.144. The van der Waals surface area contributed by atoms with Crippen LogP contribution in [0.4, 0.5) is 5.82 Å². The number of carbonyl (C=O) groups excluding carboxylic acids is 4. The molecule has 2 aromatic rings. The summed E-state index contributed by atoms with van der Waals surface area (Å²) >= 11 is 0. The highest BCUT2D eigenvalue weighted by molar-refractivity contribution is 6.08. The smallest absolute Gasteiger partial charge is 0.360 e. The van der Waals surface area contributed by atoms with Gasteiger partial charge in [0.05, 0.1) is 6.61 Å². The molecule has 1 fully saturated rings. The summed E-state index contributed by atoms with van der Waals surface area (Å²) in [5, 5.41) is 2.63. The average molecular weight is 384 g/mol. The van der Waals surface area contributed by atoms with Gasteiger partial charge in [0.15, 0.2) is 11.5 Å². The second kappa shape index (κ2) is 8.03. The number of aromatic nitrogens is 2. The lowest BCUT2D eigenvalue weighted by Crippen LogP contribution is -2.45. The van der Waals surface area contributed by atoms with Gasteiger partial charge in [-0.3, -0.25) is 23.9 Å². The molecule has 9 nitrogen and oxygen atoms in total. The van der Waals surface area contributed by atoms with E-state index in [0.29, 0.717) is 5.69 Å². The number of nitrogens with one attached hydrogen (secondary N) is 1. The predicted molar refractivity (Wildman–Crippen MR) is 98.7 cm³/mol. The fourth-order valence-electron chi connectivity index (χ4n) is 2.97. The fraction of sp³-hybridized carbons (Fsp3) is 0.316. The van der Waals surface area contributed by atoms with Crippen molar-refractivity contribution in [1.82, 2.24) is 14.5 Å². The van der Waals surface area contributed by atoms with Crippen molar-refractivity contribution in [3.8, 4) is 5.69 Å². The molecule has 1 atom stereocenters. The number of amides is 3. The van der Waals surface area contributed by atoms with Crippen LogP contribution in [-0.4, -0.2) is 50.8 Å². The number of carbonyl (C=O) groups is 4. The van der Waals surface area contributed by atoms with Crippen LogP contribution in [0.1, 0.15) is 37.2 Å². The van der Waals surface area contributed by atoms with Crippen LogP contribution < -0.4 is 5.32 Å². The zero-order chi connectivity index (χ0) is 20.3. The molecule has 3 rings (SSSR count). The Labute approximate surface area is 161 Å². The Morgan fingerprint density at radius 2 is 1.82 bits per heavy atom. The van der Waals surface area contributed by atoms with Crippen LogP contribution in [0.25, 0.3) is 5.69 Å². The van der Waals surface area contributed by atoms with Gasteiger partial charge >= 0.3 is 5.97 Å². The first kappa shape index (κ1) is 19.3. The SMILES string of the molecule is CCOC(=O)c1ncn(-c2ccccc2)c1NC(=O)C(C)N1C(=O)CCC1=O. The average Bonchev–Trinajstić information content (AvgIpc) is 3.25. The quantitative estimate of drug-likeness (QED) is 0.597. The number of imide groups is 1. The van der Waals surface area contributed by atoms with E-state index in [1.54, 1.807) is 31.2 Å². The van der Waals surface area contributed by atoms with E-state index < -0.39 is 29.7 Å². The highest BCUT2D eigenvalue weighted by Crippen LogP contribution is 2.23. The van der Waals surface area contributed by atoms with Crippen LogP contribution >= 0.6 is 0 Å². The van der Waals surface area contributed by atoms with Gasteiger partial charge in [-0.25, -0.2) is 9.78 Å². The molecule has 0 radical (unpaired) electrons. The summed E-state index contributed by atoms with van der Waals surface area (Å²) in [6.45, 7) is 3.28. The molecule has 0 saturated carbocycles. The van der Waals surface area contributed by atoms with Gasteiger partial charge in [-0.15, -0.1) is 0 Å². The van der Waals surface area contributed by atoms with Crippen molar-refractivity contribution in [1.29, 1.82) is 0 Å². The van der Waals surface area contributed by atoms with E-state index in [1.165, 1.54) is 17.8 Å². The number of anilines is 1. The molecular weight excluding hydrogens is 364 g/mol. The van der Waals surface area contributed by atoms with Gasteiger partial charge in [0, 0.05) is 18.5 Å². The highest BCUT2D eigenvalue weighted by Gasteiger charge is 2.37. The molecule has 3 amide bonds. The second-order valence-corrected chi connectivity index (χ2v) is 6.19. The van der Waals surface area contributed by atoms with Gasteiger partial charge in [0.25, 0.3) is 0 Å². The molecule has 146 valence electrons. The maximum atomic E-state index is 12.8. The van der Waals surface area contributed by atoms with Crippen LogP contribution in [0.15, 0.2) is 36.7 Å². The Kier molecular flexibility index (Phi) is 5.53. The van der Waals surface area contributed by atoms with Crippen molar-refractivity contribution < 1.29 is 23.9 Å². The Bertz CT molecular complexity index is 906. The summed E-state index contributed by atoms with van der Waals surface area (Å²) in [5.41, 5.74) is 0.604. The lowest BCUT2D eigenvalue weighted by atomic mass is 10.2. The first-order valence-corrected chi connectivity index (χ1v) is 8.89. The van der Waals surface area contributed by atoms with E-state index >= 15 is 0 Å². The van der Waals surface area contributed by atoms with Crippen molar-refractivity contribution in [2.24, 2.45) is 0 Å². The van der Waals surface area contributed by atoms with Gasteiger partial charge < -0.3 is 10.1 Å². The summed E-state index contributed by atoms with van der Waals surface area (Å²) in [7, 11) is 0. The predicted octanol–water partition coefficient (Wildman–Crippen LogP) is 1.52. The molecule has 0 aliphatic carbocycles. The van der Waals surface area contributed by atoms with E-state index in [9.17, 15) is 19.2 Å². The van der Waals surface area contributed by atoms with Crippen LogP contribution in [0.2, 0.25) is 0 Å². The first-order valence-electron chi connectivity index (χ1n) is 8.89. The van der Waals surface area contributed by atoms with Crippen molar-refractivity contribution in [3.63, 3.8) is 0 Å². The number of hydrogen-bond donors (Lipinski definition) is 1. The number of likely N-dealkylation sites (tertiary alicyclic amines) is 1. The Hall–Kier alpha value is -3.49. The molecule has 1 unspecified atom stereocenters. The Morgan fingerprint density at radius 3 is 2.43 bits per heavy atom. The topological polar surface area (TPSA) is 111 Å². The molecule has 1 aliphatic heterocycles.